The molecule has 1 aromatic carbocycles. The maximum absolute atomic E-state index is 11.0. The van der Waals surface area contributed by atoms with Crippen LogP contribution >= 0.6 is 11.6 Å². The maximum atomic E-state index is 11.0. The fourth-order valence-electron chi connectivity index (χ4n) is 2.12. The molecule has 1 fully saturated rings. The highest BCUT2D eigenvalue weighted by Gasteiger charge is 2.29. The third-order valence-electron chi connectivity index (χ3n) is 2.95. The highest BCUT2D eigenvalue weighted by atomic mass is 35.5. The number of hydrogen-bond acceptors (Lipinski definition) is 2. The van der Waals surface area contributed by atoms with Crippen LogP contribution in [0.25, 0.3) is 0 Å². The summed E-state index contributed by atoms with van der Waals surface area (Å²) < 4.78 is 0. The minimum atomic E-state index is -0.716. The normalized spacial score (nSPS) is 21.2. The summed E-state index contributed by atoms with van der Waals surface area (Å²) in [6.45, 7) is 1.55. The molecule has 0 aliphatic carbocycles. The first-order valence-electron chi connectivity index (χ1n) is 5.38. The third kappa shape index (κ3) is 2.54. The first-order valence-corrected chi connectivity index (χ1v) is 5.76. The van der Waals surface area contributed by atoms with Crippen LogP contribution in [0.4, 0.5) is 0 Å². The van der Waals surface area contributed by atoms with Gasteiger partial charge in [0.15, 0.2) is 0 Å². The van der Waals surface area contributed by atoms with Crippen molar-refractivity contribution in [1.82, 2.24) is 4.90 Å². The fourth-order valence-corrected chi connectivity index (χ4v) is 2.25. The molecule has 1 atom stereocenters. The van der Waals surface area contributed by atoms with Crippen LogP contribution in [0.2, 0.25) is 5.02 Å². The van der Waals surface area contributed by atoms with Crippen molar-refractivity contribution in [2.24, 2.45) is 0 Å². The highest BCUT2D eigenvalue weighted by Crippen LogP contribution is 2.20. The van der Waals surface area contributed by atoms with E-state index in [2.05, 4.69) is 0 Å². The Morgan fingerprint density at radius 1 is 1.44 bits per heavy atom. The summed E-state index contributed by atoms with van der Waals surface area (Å²) in [6, 6.07) is 7.24. The predicted molar refractivity (Wildman–Crippen MR) is 62.5 cm³/mol. The lowest BCUT2D eigenvalue weighted by molar-refractivity contribution is -0.142. The Morgan fingerprint density at radius 3 is 2.75 bits per heavy atom. The smallest absolute Gasteiger partial charge is 0.320 e. The fraction of sp³-hybridized carbons (Fsp3) is 0.417. The topological polar surface area (TPSA) is 40.5 Å². The second-order valence-electron chi connectivity index (χ2n) is 4.09. The van der Waals surface area contributed by atoms with Crippen molar-refractivity contribution in [2.75, 3.05) is 6.54 Å². The molecule has 1 aliphatic heterocycles. The molecule has 0 radical (unpaired) electrons. The molecule has 0 saturated carbocycles. The number of carboxylic acid groups (broad SMARTS) is 1. The van der Waals surface area contributed by atoms with Crippen molar-refractivity contribution in [3.05, 3.63) is 34.9 Å². The monoisotopic (exact) mass is 239 g/mol. The van der Waals surface area contributed by atoms with E-state index < -0.39 is 5.97 Å². The number of halogens is 1. The van der Waals surface area contributed by atoms with Gasteiger partial charge in [0.05, 0.1) is 0 Å². The molecule has 3 nitrogen and oxygen atoms in total. The zero-order chi connectivity index (χ0) is 11.5. The number of likely N-dealkylation sites (tertiary alicyclic amines) is 1. The molecule has 1 aromatic rings. The largest absolute Gasteiger partial charge is 0.480 e. The second-order valence-corrected chi connectivity index (χ2v) is 4.53. The van der Waals surface area contributed by atoms with Crippen LogP contribution in [0.15, 0.2) is 24.3 Å². The molecule has 1 aliphatic rings. The van der Waals surface area contributed by atoms with E-state index in [0.29, 0.717) is 11.6 Å². The van der Waals surface area contributed by atoms with Gasteiger partial charge in [-0.25, -0.2) is 0 Å². The van der Waals surface area contributed by atoms with Crippen LogP contribution in [0, 0.1) is 0 Å². The Bertz CT molecular complexity index is 377. The molecule has 0 amide bonds. The van der Waals surface area contributed by atoms with Crippen LogP contribution in [-0.4, -0.2) is 28.6 Å². The Balaban J connectivity index is 2.03. The molecule has 2 rings (SSSR count). The van der Waals surface area contributed by atoms with Crippen LogP contribution in [0.1, 0.15) is 18.4 Å². The molecule has 4 heteroatoms. The van der Waals surface area contributed by atoms with Crippen molar-refractivity contribution in [1.29, 1.82) is 0 Å². The van der Waals surface area contributed by atoms with Gasteiger partial charge in [0, 0.05) is 11.6 Å². The lowest BCUT2D eigenvalue weighted by Gasteiger charge is -2.20. The molecule has 16 heavy (non-hydrogen) atoms. The molecule has 1 heterocycles. The number of aliphatic carboxylic acids is 1. The standard InChI is InChI=1S/C12H14ClNO2/c13-10-5-3-9(4-6-10)8-14-7-1-2-11(14)12(15)16/h3-6,11H,1-2,7-8H2,(H,15,16)/t11-/m1/s1. The Morgan fingerprint density at radius 2 is 2.12 bits per heavy atom. The lowest BCUT2D eigenvalue weighted by Crippen LogP contribution is -2.35. The maximum Gasteiger partial charge on any atom is 0.320 e. The number of nitrogens with zero attached hydrogens (tertiary/aromatic N) is 1. The first-order chi connectivity index (χ1) is 7.66. The van der Waals surface area contributed by atoms with Crippen molar-refractivity contribution >= 4 is 17.6 Å². The molecule has 0 spiro atoms. The van der Waals surface area contributed by atoms with E-state index in [4.69, 9.17) is 16.7 Å². The van der Waals surface area contributed by atoms with Gasteiger partial charge in [0.2, 0.25) is 0 Å². The molecule has 0 unspecified atom stereocenters. The van der Waals surface area contributed by atoms with E-state index in [-0.39, 0.29) is 6.04 Å². The number of hydrogen-bond donors (Lipinski definition) is 1. The van der Waals surface area contributed by atoms with Crippen LogP contribution in [0.5, 0.6) is 0 Å². The van der Waals surface area contributed by atoms with E-state index >= 15 is 0 Å². The summed E-state index contributed by atoms with van der Waals surface area (Å²) in [6.07, 6.45) is 1.72. The zero-order valence-corrected chi connectivity index (χ0v) is 9.65. The van der Waals surface area contributed by atoms with E-state index in [0.717, 1.165) is 24.9 Å². The van der Waals surface area contributed by atoms with Crippen molar-refractivity contribution in [3.63, 3.8) is 0 Å². The lowest BCUT2D eigenvalue weighted by atomic mass is 10.2. The van der Waals surface area contributed by atoms with E-state index in [1.54, 1.807) is 0 Å². The van der Waals surface area contributed by atoms with E-state index in [1.807, 2.05) is 29.2 Å². The summed E-state index contributed by atoms with van der Waals surface area (Å²) in [7, 11) is 0. The predicted octanol–water partition coefficient (Wildman–Crippen LogP) is 2.39. The average molecular weight is 240 g/mol. The van der Waals surface area contributed by atoms with E-state index in [1.165, 1.54) is 0 Å². The van der Waals surface area contributed by atoms with Crippen molar-refractivity contribution in [3.8, 4) is 0 Å². The summed E-state index contributed by atoms with van der Waals surface area (Å²) >= 11 is 5.80. The highest BCUT2D eigenvalue weighted by molar-refractivity contribution is 6.30. The SMILES string of the molecule is O=C(O)[C@H]1CCCN1Cc1ccc(Cl)cc1. The molecular formula is C12H14ClNO2. The molecule has 1 N–H and O–H groups in total. The Kier molecular flexibility index (Phi) is 3.46. The van der Waals surface area contributed by atoms with Gasteiger partial charge < -0.3 is 5.11 Å². The Labute approximate surface area is 99.6 Å². The van der Waals surface area contributed by atoms with Gasteiger partial charge >= 0.3 is 5.97 Å². The molecule has 1 saturated heterocycles. The van der Waals surface area contributed by atoms with Gasteiger partial charge in [0.1, 0.15) is 6.04 Å². The summed E-state index contributed by atoms with van der Waals surface area (Å²) in [5.74, 6) is -0.716. The molecule has 0 bridgehead atoms. The minimum Gasteiger partial charge on any atom is -0.480 e. The quantitative estimate of drug-likeness (QED) is 0.881. The number of benzene rings is 1. The van der Waals surface area contributed by atoms with E-state index in [9.17, 15) is 4.79 Å². The Hall–Kier alpha value is -1.06. The molecule has 86 valence electrons. The second kappa shape index (κ2) is 4.85. The third-order valence-corrected chi connectivity index (χ3v) is 3.20. The van der Waals surface area contributed by atoms with Gasteiger partial charge in [0.25, 0.3) is 0 Å². The van der Waals surface area contributed by atoms with Gasteiger partial charge in [-0.15, -0.1) is 0 Å². The van der Waals surface area contributed by atoms with Gasteiger partial charge in [-0.3, -0.25) is 9.69 Å². The molecular weight excluding hydrogens is 226 g/mol. The van der Waals surface area contributed by atoms with Crippen LogP contribution in [-0.2, 0) is 11.3 Å². The number of carbonyl (C=O) groups is 1. The average Bonchev–Trinajstić information content (AvgIpc) is 2.69. The summed E-state index contributed by atoms with van der Waals surface area (Å²) in [4.78, 5) is 13.0. The summed E-state index contributed by atoms with van der Waals surface area (Å²) in [5.41, 5.74) is 1.11. The zero-order valence-electron chi connectivity index (χ0n) is 8.90. The van der Waals surface area contributed by atoms with Gasteiger partial charge in [-0.1, -0.05) is 23.7 Å². The minimum absolute atomic E-state index is 0.323. The van der Waals surface area contributed by atoms with Gasteiger partial charge in [-0.05, 0) is 37.1 Å². The summed E-state index contributed by atoms with van der Waals surface area (Å²) in [5, 5.41) is 9.75. The first kappa shape index (κ1) is 11.4. The van der Waals surface area contributed by atoms with Gasteiger partial charge in [-0.2, -0.15) is 0 Å². The number of carboxylic acids is 1. The number of rotatable bonds is 3. The molecule has 0 aromatic heterocycles. The van der Waals surface area contributed by atoms with Crippen molar-refractivity contribution in [2.45, 2.75) is 25.4 Å². The van der Waals surface area contributed by atoms with Crippen LogP contribution in [0.3, 0.4) is 0 Å². The van der Waals surface area contributed by atoms with Crippen molar-refractivity contribution < 1.29 is 9.90 Å². The van der Waals surface area contributed by atoms with Crippen LogP contribution < -0.4 is 0 Å².